The van der Waals surface area contributed by atoms with Crippen LogP contribution in [0.25, 0.3) is 0 Å². The molecule has 0 saturated carbocycles. The first-order valence-corrected chi connectivity index (χ1v) is 7.54. The minimum absolute atomic E-state index is 0.623. The lowest BCUT2D eigenvalue weighted by molar-refractivity contribution is 0.158. The predicted octanol–water partition coefficient (Wildman–Crippen LogP) is 4.30. The highest BCUT2D eigenvalue weighted by molar-refractivity contribution is 9.10. The van der Waals surface area contributed by atoms with Gasteiger partial charge in [0.15, 0.2) is 0 Å². The third kappa shape index (κ3) is 2.52. The summed E-state index contributed by atoms with van der Waals surface area (Å²) >= 11 is 5.53. The summed E-state index contributed by atoms with van der Waals surface area (Å²) in [6, 6.07) is 2.19. The van der Waals surface area contributed by atoms with Gasteiger partial charge in [0, 0.05) is 27.1 Å². The molecule has 0 N–H and O–H groups in total. The van der Waals surface area contributed by atoms with E-state index < -0.39 is 0 Å². The maximum Gasteiger partial charge on any atom is 0.114 e. The van der Waals surface area contributed by atoms with Crippen LogP contribution in [0.2, 0.25) is 0 Å². The van der Waals surface area contributed by atoms with E-state index in [0.29, 0.717) is 6.61 Å². The molecule has 1 heterocycles. The zero-order chi connectivity index (χ0) is 12.4. The number of benzene rings is 1. The van der Waals surface area contributed by atoms with Crippen molar-refractivity contribution in [2.75, 3.05) is 12.4 Å². The first-order chi connectivity index (χ1) is 8.15. The largest absolute Gasteiger partial charge is 0.396 e. The van der Waals surface area contributed by atoms with E-state index in [1.54, 1.807) is 0 Å². The van der Waals surface area contributed by atoms with Gasteiger partial charge in [0.2, 0.25) is 0 Å². The topological polar surface area (TPSA) is 21.6 Å². The molecule has 0 radical (unpaired) electrons. The fourth-order valence-corrected chi connectivity index (χ4v) is 3.74. The number of halogens is 1. The second-order valence-electron chi connectivity index (χ2n) is 4.06. The summed E-state index contributed by atoms with van der Waals surface area (Å²) in [4.78, 5) is 6.58. The maximum absolute atomic E-state index is 5.23. The molecule has 17 heavy (non-hydrogen) atoms. The molecule has 0 fully saturated rings. The number of rotatable bonds is 2. The minimum atomic E-state index is 0.623. The molecule has 1 aromatic rings. The third-order valence-corrected chi connectivity index (χ3v) is 4.89. The van der Waals surface area contributed by atoms with Crippen molar-refractivity contribution in [2.45, 2.75) is 32.1 Å². The van der Waals surface area contributed by atoms with Crippen LogP contribution in [0, 0.1) is 13.8 Å². The van der Waals surface area contributed by atoms with E-state index in [1.165, 1.54) is 21.6 Å². The van der Waals surface area contributed by atoms with Crippen molar-refractivity contribution >= 4 is 33.4 Å². The van der Waals surface area contributed by atoms with Crippen LogP contribution in [0.5, 0.6) is 0 Å². The molecule has 4 heteroatoms. The van der Waals surface area contributed by atoms with E-state index in [4.69, 9.17) is 4.84 Å². The average Bonchev–Trinajstić information content (AvgIpc) is 2.33. The van der Waals surface area contributed by atoms with E-state index in [-0.39, 0.29) is 0 Å². The number of hydrogen-bond acceptors (Lipinski definition) is 3. The van der Waals surface area contributed by atoms with Gasteiger partial charge in [0.25, 0.3) is 0 Å². The molecule has 0 saturated heterocycles. The molecule has 0 atom stereocenters. The molecule has 2 nitrogen and oxygen atoms in total. The first kappa shape index (κ1) is 13.0. The summed E-state index contributed by atoms with van der Waals surface area (Å²) in [5.41, 5.74) is 4.92. The van der Waals surface area contributed by atoms with Crippen molar-refractivity contribution in [1.82, 2.24) is 0 Å². The van der Waals surface area contributed by atoms with Crippen LogP contribution in [0.3, 0.4) is 0 Å². The highest BCUT2D eigenvalue weighted by atomic mass is 79.9. The Bertz CT molecular complexity index is 471. The van der Waals surface area contributed by atoms with E-state index in [0.717, 1.165) is 22.4 Å². The summed E-state index contributed by atoms with van der Waals surface area (Å²) in [6.45, 7) is 6.87. The molecule has 0 aromatic heterocycles. The SMILES string of the molecule is CCO/N=C1/CCSc2c(C)cc(Br)c(C)c21. The van der Waals surface area contributed by atoms with Gasteiger partial charge in [-0.15, -0.1) is 11.8 Å². The second kappa shape index (κ2) is 5.44. The van der Waals surface area contributed by atoms with Crippen molar-refractivity contribution in [3.05, 3.63) is 27.2 Å². The Hall–Kier alpha value is -0.480. The third-order valence-electron chi connectivity index (χ3n) is 2.84. The van der Waals surface area contributed by atoms with Gasteiger partial charge in [0.05, 0.1) is 5.71 Å². The van der Waals surface area contributed by atoms with Gasteiger partial charge in [-0.05, 0) is 38.0 Å². The fraction of sp³-hybridized carbons (Fsp3) is 0.462. The van der Waals surface area contributed by atoms with E-state index in [9.17, 15) is 0 Å². The van der Waals surface area contributed by atoms with Gasteiger partial charge in [-0.1, -0.05) is 21.1 Å². The zero-order valence-electron chi connectivity index (χ0n) is 10.3. The van der Waals surface area contributed by atoms with E-state index in [1.807, 2.05) is 18.7 Å². The quantitative estimate of drug-likeness (QED) is 0.759. The van der Waals surface area contributed by atoms with Crippen molar-refractivity contribution in [3.8, 4) is 0 Å². The van der Waals surface area contributed by atoms with Crippen LogP contribution in [0.1, 0.15) is 30.0 Å². The molecule has 0 unspecified atom stereocenters. The molecule has 92 valence electrons. The Labute approximate surface area is 115 Å². The number of fused-ring (bicyclic) bond motifs is 1. The number of oxime groups is 1. The second-order valence-corrected chi connectivity index (χ2v) is 6.02. The van der Waals surface area contributed by atoms with Crippen LogP contribution >= 0.6 is 27.7 Å². The highest BCUT2D eigenvalue weighted by Gasteiger charge is 2.22. The minimum Gasteiger partial charge on any atom is -0.396 e. The van der Waals surface area contributed by atoms with Crippen LogP contribution in [0.4, 0.5) is 0 Å². The molecule has 1 aromatic carbocycles. The Morgan fingerprint density at radius 2 is 2.24 bits per heavy atom. The monoisotopic (exact) mass is 313 g/mol. The Morgan fingerprint density at radius 1 is 1.47 bits per heavy atom. The number of nitrogens with zero attached hydrogens (tertiary/aromatic N) is 1. The normalized spacial score (nSPS) is 17.1. The molecule has 2 rings (SSSR count). The number of thioether (sulfide) groups is 1. The summed E-state index contributed by atoms with van der Waals surface area (Å²) in [7, 11) is 0. The summed E-state index contributed by atoms with van der Waals surface area (Å²) in [6.07, 6.45) is 0.981. The standard InChI is InChI=1S/C13H16BrNOS/c1-4-16-15-11-5-6-17-13-8(2)7-10(14)9(3)12(11)13/h7H,4-6H2,1-3H3/b15-11-. The number of aryl methyl sites for hydroxylation is 1. The highest BCUT2D eigenvalue weighted by Crippen LogP contribution is 2.38. The van der Waals surface area contributed by atoms with Gasteiger partial charge in [-0.2, -0.15) is 0 Å². The van der Waals surface area contributed by atoms with Gasteiger partial charge < -0.3 is 4.84 Å². The molecule has 0 spiro atoms. The van der Waals surface area contributed by atoms with Gasteiger partial charge in [-0.25, -0.2) is 0 Å². The van der Waals surface area contributed by atoms with E-state index in [2.05, 4.69) is 41.0 Å². The molecule has 1 aliphatic heterocycles. The van der Waals surface area contributed by atoms with Gasteiger partial charge in [-0.3, -0.25) is 0 Å². The van der Waals surface area contributed by atoms with Crippen molar-refractivity contribution < 1.29 is 4.84 Å². The van der Waals surface area contributed by atoms with Gasteiger partial charge >= 0.3 is 0 Å². The van der Waals surface area contributed by atoms with Gasteiger partial charge in [0.1, 0.15) is 6.61 Å². The van der Waals surface area contributed by atoms with Crippen LogP contribution < -0.4 is 0 Å². The summed E-state index contributed by atoms with van der Waals surface area (Å²) in [5, 5.41) is 4.27. The maximum atomic E-state index is 5.23. The predicted molar refractivity (Wildman–Crippen MR) is 77.1 cm³/mol. The lowest BCUT2D eigenvalue weighted by Gasteiger charge is -2.22. The van der Waals surface area contributed by atoms with E-state index >= 15 is 0 Å². The number of hydrogen-bond donors (Lipinski definition) is 0. The van der Waals surface area contributed by atoms with Crippen molar-refractivity contribution in [3.63, 3.8) is 0 Å². The average molecular weight is 314 g/mol. The lowest BCUT2D eigenvalue weighted by Crippen LogP contribution is -2.14. The zero-order valence-corrected chi connectivity index (χ0v) is 12.7. The molecular formula is C13H16BrNOS. The smallest absolute Gasteiger partial charge is 0.114 e. The summed E-state index contributed by atoms with van der Waals surface area (Å²) in [5.74, 6) is 1.08. The molecule has 0 aliphatic carbocycles. The van der Waals surface area contributed by atoms with Crippen LogP contribution in [-0.2, 0) is 4.84 Å². The van der Waals surface area contributed by atoms with Crippen LogP contribution in [-0.4, -0.2) is 18.1 Å². The molecule has 1 aliphatic rings. The molecular weight excluding hydrogens is 298 g/mol. The molecule has 0 amide bonds. The van der Waals surface area contributed by atoms with Crippen LogP contribution in [0.15, 0.2) is 20.6 Å². The molecule has 0 bridgehead atoms. The fourth-order valence-electron chi connectivity index (χ4n) is 1.99. The Kier molecular flexibility index (Phi) is 4.15. The van der Waals surface area contributed by atoms with Crippen molar-refractivity contribution in [2.24, 2.45) is 5.16 Å². The lowest BCUT2D eigenvalue weighted by atomic mass is 9.99. The Balaban J connectivity index is 2.56. The summed E-state index contributed by atoms with van der Waals surface area (Å²) < 4.78 is 1.15. The Morgan fingerprint density at radius 3 is 2.94 bits per heavy atom. The first-order valence-electron chi connectivity index (χ1n) is 5.76. The van der Waals surface area contributed by atoms with Crippen molar-refractivity contribution in [1.29, 1.82) is 0 Å².